The number of anilines is 1. The molecule has 92 valence electrons. The molecule has 0 saturated heterocycles. The van der Waals surface area contributed by atoms with E-state index in [9.17, 15) is 9.59 Å². The highest BCUT2D eigenvalue weighted by molar-refractivity contribution is 6.38. The van der Waals surface area contributed by atoms with Crippen LogP contribution in [0.5, 0.6) is 0 Å². The van der Waals surface area contributed by atoms with Crippen LogP contribution in [0.4, 0.5) is 5.69 Å². The number of nitrogens with zero attached hydrogens (tertiary/aromatic N) is 1. The minimum atomic E-state index is -0.856. The SMILES string of the molecule is COC(=O)C(=O)N(C)c1cc(C)c(C)cc1C. The van der Waals surface area contributed by atoms with Crippen LogP contribution in [0.25, 0.3) is 0 Å². The first-order valence-electron chi connectivity index (χ1n) is 5.32. The number of benzene rings is 1. The summed E-state index contributed by atoms with van der Waals surface area (Å²) in [5.41, 5.74) is 3.91. The number of aryl methyl sites for hydroxylation is 3. The molecule has 0 unspecified atom stereocenters. The number of esters is 1. The molecule has 0 bridgehead atoms. The van der Waals surface area contributed by atoms with Crippen LogP contribution in [-0.4, -0.2) is 26.0 Å². The molecule has 0 N–H and O–H groups in total. The minimum Gasteiger partial charge on any atom is -0.462 e. The number of carbonyl (C=O) groups excluding carboxylic acids is 2. The minimum absolute atomic E-state index is 0.668. The summed E-state index contributed by atoms with van der Waals surface area (Å²) in [6.45, 7) is 5.88. The van der Waals surface area contributed by atoms with Crippen molar-refractivity contribution in [2.75, 3.05) is 19.1 Å². The van der Waals surface area contributed by atoms with Gasteiger partial charge in [-0.3, -0.25) is 4.79 Å². The lowest BCUT2D eigenvalue weighted by atomic mass is 10.0. The molecule has 1 aromatic rings. The summed E-state index contributed by atoms with van der Waals surface area (Å²) in [6.07, 6.45) is 0. The van der Waals surface area contributed by atoms with Gasteiger partial charge >= 0.3 is 11.9 Å². The molecule has 0 atom stereocenters. The lowest BCUT2D eigenvalue weighted by molar-refractivity contribution is -0.151. The molecule has 4 nitrogen and oxygen atoms in total. The Balaban J connectivity index is 3.12. The second-order valence-corrected chi connectivity index (χ2v) is 4.08. The summed E-state index contributed by atoms with van der Waals surface area (Å²) >= 11 is 0. The number of methoxy groups -OCH3 is 1. The maximum atomic E-state index is 11.7. The van der Waals surface area contributed by atoms with E-state index in [1.165, 1.54) is 12.0 Å². The van der Waals surface area contributed by atoms with Crippen LogP contribution in [0.2, 0.25) is 0 Å². The normalized spacial score (nSPS) is 9.94. The maximum absolute atomic E-state index is 11.7. The first kappa shape index (κ1) is 13.2. The Kier molecular flexibility index (Phi) is 3.89. The van der Waals surface area contributed by atoms with Crippen LogP contribution >= 0.6 is 0 Å². The molecule has 4 heteroatoms. The summed E-state index contributed by atoms with van der Waals surface area (Å²) in [5.74, 6) is -1.52. The van der Waals surface area contributed by atoms with Crippen molar-refractivity contribution >= 4 is 17.6 Å². The number of ether oxygens (including phenoxy) is 1. The highest BCUT2D eigenvalue weighted by atomic mass is 16.5. The fraction of sp³-hybridized carbons (Fsp3) is 0.385. The molecule has 0 fully saturated rings. The highest BCUT2D eigenvalue weighted by Gasteiger charge is 2.21. The fourth-order valence-corrected chi connectivity index (χ4v) is 1.64. The Morgan fingerprint density at radius 2 is 1.59 bits per heavy atom. The molecule has 1 amide bonds. The number of hydrogen-bond donors (Lipinski definition) is 0. The van der Waals surface area contributed by atoms with Gasteiger partial charge in [-0.05, 0) is 43.5 Å². The molecule has 0 aliphatic heterocycles. The van der Waals surface area contributed by atoms with Crippen molar-refractivity contribution in [3.63, 3.8) is 0 Å². The zero-order valence-electron chi connectivity index (χ0n) is 10.8. The van der Waals surface area contributed by atoms with E-state index in [2.05, 4.69) is 4.74 Å². The van der Waals surface area contributed by atoms with Crippen LogP contribution in [0.1, 0.15) is 16.7 Å². The Labute approximate surface area is 101 Å². The highest BCUT2D eigenvalue weighted by Crippen LogP contribution is 2.23. The third kappa shape index (κ3) is 2.64. The summed E-state index contributed by atoms with van der Waals surface area (Å²) in [4.78, 5) is 24.2. The summed E-state index contributed by atoms with van der Waals surface area (Å²) in [5, 5.41) is 0. The Hall–Kier alpha value is -1.84. The van der Waals surface area contributed by atoms with Crippen LogP contribution in [0.15, 0.2) is 12.1 Å². The predicted molar refractivity (Wildman–Crippen MR) is 66.1 cm³/mol. The molecule has 1 rings (SSSR count). The van der Waals surface area contributed by atoms with E-state index >= 15 is 0 Å². The van der Waals surface area contributed by atoms with Crippen molar-refractivity contribution in [2.45, 2.75) is 20.8 Å². The summed E-state index contributed by atoms with van der Waals surface area (Å²) in [7, 11) is 2.76. The van der Waals surface area contributed by atoms with Crippen LogP contribution in [-0.2, 0) is 14.3 Å². The van der Waals surface area contributed by atoms with Crippen molar-refractivity contribution < 1.29 is 14.3 Å². The Morgan fingerprint density at radius 3 is 2.12 bits per heavy atom. The zero-order valence-corrected chi connectivity index (χ0v) is 10.8. The maximum Gasteiger partial charge on any atom is 0.397 e. The van der Waals surface area contributed by atoms with Crippen molar-refractivity contribution in [3.8, 4) is 0 Å². The summed E-state index contributed by atoms with van der Waals surface area (Å²) < 4.78 is 4.42. The average molecular weight is 235 g/mol. The standard InChI is InChI=1S/C13H17NO3/c1-8-6-10(3)11(7-9(8)2)14(4)12(15)13(16)17-5/h6-7H,1-5H3. The van der Waals surface area contributed by atoms with Crippen LogP contribution < -0.4 is 4.90 Å². The summed E-state index contributed by atoms with van der Waals surface area (Å²) in [6, 6.07) is 3.89. The third-order valence-electron chi connectivity index (χ3n) is 2.84. The van der Waals surface area contributed by atoms with Gasteiger partial charge in [-0.1, -0.05) is 6.07 Å². The van der Waals surface area contributed by atoms with E-state index in [1.54, 1.807) is 7.05 Å². The second-order valence-electron chi connectivity index (χ2n) is 4.08. The third-order valence-corrected chi connectivity index (χ3v) is 2.84. The largest absolute Gasteiger partial charge is 0.462 e. The molecule has 0 heterocycles. The van der Waals surface area contributed by atoms with E-state index in [0.29, 0.717) is 0 Å². The zero-order chi connectivity index (χ0) is 13.2. The molecule has 0 saturated carbocycles. The average Bonchev–Trinajstić information content (AvgIpc) is 2.31. The molecule has 0 aromatic heterocycles. The number of amides is 1. The number of carbonyl (C=O) groups is 2. The molecule has 17 heavy (non-hydrogen) atoms. The predicted octanol–water partition coefficient (Wildman–Crippen LogP) is 1.75. The van der Waals surface area contributed by atoms with Gasteiger partial charge in [0.05, 0.1) is 7.11 Å². The molecule has 0 spiro atoms. The van der Waals surface area contributed by atoms with Gasteiger partial charge < -0.3 is 9.64 Å². The molecule has 0 radical (unpaired) electrons. The number of rotatable bonds is 1. The molecule has 0 aliphatic rings. The smallest absolute Gasteiger partial charge is 0.397 e. The monoisotopic (exact) mass is 235 g/mol. The van der Waals surface area contributed by atoms with E-state index in [1.807, 2.05) is 32.9 Å². The van der Waals surface area contributed by atoms with E-state index in [4.69, 9.17) is 0 Å². The van der Waals surface area contributed by atoms with E-state index in [-0.39, 0.29) is 0 Å². The van der Waals surface area contributed by atoms with Gasteiger partial charge in [0, 0.05) is 12.7 Å². The van der Waals surface area contributed by atoms with Gasteiger partial charge in [-0.2, -0.15) is 0 Å². The van der Waals surface area contributed by atoms with Crippen molar-refractivity contribution in [1.29, 1.82) is 0 Å². The first-order chi connectivity index (χ1) is 7.88. The molecule has 1 aromatic carbocycles. The van der Waals surface area contributed by atoms with Gasteiger partial charge in [-0.15, -0.1) is 0 Å². The van der Waals surface area contributed by atoms with Gasteiger partial charge in [0.25, 0.3) is 0 Å². The second kappa shape index (κ2) is 4.99. The molecular formula is C13H17NO3. The van der Waals surface area contributed by atoms with Crippen LogP contribution in [0, 0.1) is 20.8 Å². The quantitative estimate of drug-likeness (QED) is 0.550. The topological polar surface area (TPSA) is 46.6 Å². The molecule has 0 aliphatic carbocycles. The van der Waals surface area contributed by atoms with E-state index < -0.39 is 11.9 Å². The van der Waals surface area contributed by atoms with Crippen molar-refractivity contribution in [3.05, 3.63) is 28.8 Å². The first-order valence-corrected chi connectivity index (χ1v) is 5.32. The Morgan fingerprint density at radius 1 is 1.06 bits per heavy atom. The number of hydrogen-bond acceptors (Lipinski definition) is 3. The lowest BCUT2D eigenvalue weighted by Gasteiger charge is -2.19. The van der Waals surface area contributed by atoms with Crippen molar-refractivity contribution in [2.24, 2.45) is 0 Å². The van der Waals surface area contributed by atoms with Crippen molar-refractivity contribution in [1.82, 2.24) is 0 Å². The van der Waals surface area contributed by atoms with Gasteiger partial charge in [0.15, 0.2) is 0 Å². The van der Waals surface area contributed by atoms with Gasteiger partial charge in [0.1, 0.15) is 0 Å². The van der Waals surface area contributed by atoms with Gasteiger partial charge in [-0.25, -0.2) is 4.79 Å². The van der Waals surface area contributed by atoms with Gasteiger partial charge in [0.2, 0.25) is 0 Å². The van der Waals surface area contributed by atoms with Crippen LogP contribution in [0.3, 0.4) is 0 Å². The van der Waals surface area contributed by atoms with E-state index in [0.717, 1.165) is 22.4 Å². The number of likely N-dealkylation sites (N-methyl/N-ethyl adjacent to an activating group) is 1. The molecular weight excluding hydrogens is 218 g/mol. The fourth-order valence-electron chi connectivity index (χ4n) is 1.64. The Bertz CT molecular complexity index is 466. The lowest BCUT2D eigenvalue weighted by Crippen LogP contribution is -2.34.